The minimum absolute atomic E-state index is 0.0476. The molecule has 7 nitrogen and oxygen atoms in total. The van der Waals surface area contributed by atoms with E-state index >= 15 is 0 Å². The molecule has 1 aromatic heterocycles. The lowest BCUT2D eigenvalue weighted by Gasteiger charge is -2.21. The minimum atomic E-state index is -3.69. The van der Waals surface area contributed by atoms with E-state index in [1.807, 2.05) is 6.92 Å². The van der Waals surface area contributed by atoms with Gasteiger partial charge >= 0.3 is 0 Å². The van der Waals surface area contributed by atoms with E-state index in [0.29, 0.717) is 12.2 Å². The molecule has 2 rings (SSSR count). The van der Waals surface area contributed by atoms with Crippen LogP contribution in [-0.2, 0) is 17.3 Å². The third-order valence-electron chi connectivity index (χ3n) is 3.30. The van der Waals surface area contributed by atoms with Crippen LogP contribution in [0.15, 0.2) is 16.7 Å². The third kappa shape index (κ3) is 3.22. The summed E-state index contributed by atoms with van der Waals surface area (Å²) in [5.41, 5.74) is 2.59. The number of carbonyl (C=O) groups excluding carboxylic acids is 1. The lowest BCUT2D eigenvalue weighted by Crippen LogP contribution is -2.50. The van der Waals surface area contributed by atoms with Gasteiger partial charge < -0.3 is 4.57 Å². The Morgan fingerprint density at radius 2 is 2.20 bits per heavy atom. The maximum absolute atomic E-state index is 12.1. The van der Waals surface area contributed by atoms with Crippen molar-refractivity contribution in [3.05, 3.63) is 22.4 Å². The van der Waals surface area contributed by atoms with Crippen LogP contribution in [0.4, 0.5) is 0 Å². The fourth-order valence-corrected chi connectivity index (χ4v) is 4.06. The highest BCUT2D eigenvalue weighted by molar-refractivity contribution is 9.10. The Morgan fingerprint density at radius 3 is 2.70 bits per heavy atom. The molecule has 1 aromatic rings. The topological polar surface area (TPSA) is 83.4 Å². The molecule has 1 aliphatic heterocycles. The highest BCUT2D eigenvalue weighted by atomic mass is 79.9. The van der Waals surface area contributed by atoms with Crippen molar-refractivity contribution < 1.29 is 13.2 Å². The van der Waals surface area contributed by atoms with E-state index in [9.17, 15) is 13.2 Å². The zero-order valence-electron chi connectivity index (χ0n) is 11.3. The smallest absolute Gasteiger partial charge is 0.296 e. The number of rotatable bonds is 4. The molecule has 112 valence electrons. The summed E-state index contributed by atoms with van der Waals surface area (Å²) in [4.78, 5) is 14.1. The second-order valence-electron chi connectivity index (χ2n) is 4.82. The zero-order valence-corrected chi connectivity index (χ0v) is 13.7. The van der Waals surface area contributed by atoms with Crippen molar-refractivity contribution in [2.75, 3.05) is 6.54 Å². The number of nitrogens with one attached hydrogen (secondary N) is 2. The Morgan fingerprint density at radius 1 is 1.50 bits per heavy atom. The molecule has 2 N–H and O–H groups in total. The Kier molecular flexibility index (Phi) is 4.52. The van der Waals surface area contributed by atoms with Crippen LogP contribution in [0.5, 0.6) is 0 Å². The van der Waals surface area contributed by atoms with Gasteiger partial charge in [-0.25, -0.2) is 0 Å². The number of hydrogen-bond acceptors (Lipinski definition) is 3. The number of halogens is 1. The van der Waals surface area contributed by atoms with Crippen molar-refractivity contribution in [1.29, 1.82) is 0 Å². The predicted molar refractivity (Wildman–Crippen MR) is 78.0 cm³/mol. The summed E-state index contributed by atoms with van der Waals surface area (Å²) in [5, 5.41) is 0. The molecule has 0 radical (unpaired) electrons. The summed E-state index contributed by atoms with van der Waals surface area (Å²) < 4.78 is 27.8. The summed E-state index contributed by atoms with van der Waals surface area (Å²) in [6, 6.07) is 1.57. The number of hydrogen-bond donors (Lipinski definition) is 2. The number of aromatic nitrogens is 1. The van der Waals surface area contributed by atoms with Crippen LogP contribution in [0.2, 0.25) is 0 Å². The summed E-state index contributed by atoms with van der Waals surface area (Å²) in [6.45, 7) is 2.32. The van der Waals surface area contributed by atoms with Gasteiger partial charge in [-0.05, 0) is 41.8 Å². The van der Waals surface area contributed by atoms with Gasteiger partial charge in [0.2, 0.25) is 0 Å². The Labute approximate surface area is 126 Å². The zero-order chi connectivity index (χ0) is 14.9. The Balaban J connectivity index is 2.01. The van der Waals surface area contributed by atoms with Crippen molar-refractivity contribution in [1.82, 2.24) is 19.1 Å². The van der Waals surface area contributed by atoms with E-state index in [-0.39, 0.29) is 6.04 Å². The van der Waals surface area contributed by atoms with Gasteiger partial charge in [-0.3, -0.25) is 10.2 Å². The average Bonchev–Trinajstić information content (AvgIpc) is 2.92. The fourth-order valence-electron chi connectivity index (χ4n) is 2.25. The molecule has 0 aromatic carbocycles. The molecule has 1 aliphatic rings. The number of hydrazine groups is 1. The molecule has 1 amide bonds. The first-order valence-electron chi connectivity index (χ1n) is 6.22. The van der Waals surface area contributed by atoms with E-state index in [2.05, 4.69) is 26.2 Å². The first kappa shape index (κ1) is 15.5. The summed E-state index contributed by atoms with van der Waals surface area (Å²) in [6.07, 6.45) is 3.38. The van der Waals surface area contributed by atoms with E-state index < -0.39 is 16.1 Å². The van der Waals surface area contributed by atoms with Crippen LogP contribution in [0, 0.1) is 0 Å². The van der Waals surface area contributed by atoms with Gasteiger partial charge in [0.1, 0.15) is 5.69 Å². The van der Waals surface area contributed by atoms with Crippen LogP contribution in [0.25, 0.3) is 0 Å². The highest BCUT2D eigenvalue weighted by Gasteiger charge is 2.31. The molecule has 1 saturated heterocycles. The largest absolute Gasteiger partial charge is 0.345 e. The summed E-state index contributed by atoms with van der Waals surface area (Å²) in [7, 11) is -1.98. The van der Waals surface area contributed by atoms with E-state index in [1.165, 1.54) is 4.31 Å². The van der Waals surface area contributed by atoms with Crippen LogP contribution in [-0.4, -0.2) is 35.8 Å². The van der Waals surface area contributed by atoms with Gasteiger partial charge in [0.15, 0.2) is 0 Å². The average molecular weight is 365 g/mol. The number of carbonyl (C=O) groups is 1. The van der Waals surface area contributed by atoms with Crippen LogP contribution >= 0.6 is 15.9 Å². The SMILES string of the molecule is CC1CCCN1S(=O)(=O)NNC(=O)c1cc(Br)cn1C. The molecule has 0 spiro atoms. The summed E-state index contributed by atoms with van der Waals surface area (Å²) in [5.74, 6) is -0.506. The predicted octanol–water partition coefficient (Wildman–Crippen LogP) is 0.751. The molecule has 0 aliphatic carbocycles. The maximum atomic E-state index is 12.1. The van der Waals surface area contributed by atoms with Gasteiger partial charge in [-0.15, -0.1) is 4.83 Å². The first-order valence-corrected chi connectivity index (χ1v) is 8.45. The molecule has 2 heterocycles. The fraction of sp³-hybridized carbons (Fsp3) is 0.545. The summed E-state index contributed by atoms with van der Waals surface area (Å²) >= 11 is 3.26. The second-order valence-corrected chi connectivity index (χ2v) is 7.36. The van der Waals surface area contributed by atoms with Crippen LogP contribution in [0.3, 0.4) is 0 Å². The molecule has 1 atom stereocenters. The Hall–Kier alpha value is -0.900. The van der Waals surface area contributed by atoms with Crippen molar-refractivity contribution >= 4 is 32.0 Å². The highest BCUT2D eigenvalue weighted by Crippen LogP contribution is 2.19. The van der Waals surface area contributed by atoms with Gasteiger partial charge in [-0.1, -0.05) is 0 Å². The van der Waals surface area contributed by atoms with Crippen LogP contribution < -0.4 is 10.3 Å². The molecule has 9 heteroatoms. The monoisotopic (exact) mass is 364 g/mol. The normalized spacial score (nSPS) is 20.2. The maximum Gasteiger partial charge on any atom is 0.296 e. The van der Waals surface area contributed by atoms with E-state index in [4.69, 9.17) is 0 Å². The standard InChI is InChI=1S/C11H17BrN4O3S/c1-8-4-3-5-16(8)20(18,19)14-13-11(17)10-6-9(12)7-15(10)2/h6-8,14H,3-5H2,1-2H3,(H,13,17). The molecule has 1 unspecified atom stereocenters. The Bertz CT molecular complexity index is 613. The van der Waals surface area contributed by atoms with Crippen molar-refractivity contribution in [2.24, 2.45) is 7.05 Å². The minimum Gasteiger partial charge on any atom is -0.345 e. The van der Waals surface area contributed by atoms with E-state index in [0.717, 1.165) is 17.3 Å². The van der Waals surface area contributed by atoms with E-state index in [1.54, 1.807) is 23.9 Å². The molecule has 0 bridgehead atoms. The molecular formula is C11H17BrN4O3S. The number of nitrogens with zero attached hydrogens (tertiary/aromatic N) is 2. The van der Waals surface area contributed by atoms with Gasteiger partial charge in [0.05, 0.1) is 0 Å². The van der Waals surface area contributed by atoms with Crippen molar-refractivity contribution in [3.8, 4) is 0 Å². The number of aryl methyl sites for hydroxylation is 1. The van der Waals surface area contributed by atoms with Crippen LogP contribution in [0.1, 0.15) is 30.3 Å². The van der Waals surface area contributed by atoms with Crippen molar-refractivity contribution in [3.63, 3.8) is 0 Å². The first-order chi connectivity index (χ1) is 9.31. The quantitative estimate of drug-likeness (QED) is 0.773. The molecule has 20 heavy (non-hydrogen) atoms. The molecule has 0 saturated carbocycles. The molecule has 1 fully saturated rings. The lowest BCUT2D eigenvalue weighted by atomic mass is 10.3. The molecular weight excluding hydrogens is 348 g/mol. The second kappa shape index (κ2) is 5.84. The third-order valence-corrected chi connectivity index (χ3v) is 5.25. The van der Waals surface area contributed by atoms with Crippen molar-refractivity contribution in [2.45, 2.75) is 25.8 Å². The number of amides is 1. The van der Waals surface area contributed by atoms with Gasteiger partial charge in [0, 0.05) is 30.3 Å². The van der Waals surface area contributed by atoms with Gasteiger partial charge in [-0.2, -0.15) is 12.7 Å². The lowest BCUT2D eigenvalue weighted by molar-refractivity contribution is 0.0935. The van der Waals surface area contributed by atoms with Gasteiger partial charge in [0.25, 0.3) is 16.1 Å².